The summed E-state index contributed by atoms with van der Waals surface area (Å²) in [6.07, 6.45) is 0.00467. The van der Waals surface area contributed by atoms with E-state index in [1.807, 2.05) is 18.2 Å². The molecule has 4 rings (SSSR count). The molecule has 0 bridgehead atoms. The minimum Gasteiger partial charge on any atom is -0.497 e. The molecule has 0 spiro atoms. The van der Waals surface area contributed by atoms with Crippen LogP contribution in [-0.2, 0) is 25.6 Å². The van der Waals surface area contributed by atoms with Crippen LogP contribution in [-0.4, -0.2) is 97.4 Å². The van der Waals surface area contributed by atoms with Crippen molar-refractivity contribution in [2.45, 2.75) is 37.3 Å². The van der Waals surface area contributed by atoms with E-state index in [1.165, 1.54) is 0 Å². The van der Waals surface area contributed by atoms with Gasteiger partial charge in [-0.15, -0.1) is 0 Å². The highest BCUT2D eigenvalue weighted by atomic mass is 16.5. The summed E-state index contributed by atoms with van der Waals surface area (Å²) in [7, 11) is 4.97. The standard InChI is InChI=1S/C29H42N2O7/c1-33-13-4-11-31-12-14-36-26-10-5-21(15-25(26)31)18-37-27-16-30-17-28(38-20-23(32)19-34-2)29(27)22-6-8-24(35-3)9-7-22/h5-10,15,23,27-30,32H,4,11-14,16-20H2,1-3H3/t23-,27-,28?,29?/m0/s1. The molecule has 210 valence electrons. The Bertz CT molecular complexity index is 974. The van der Waals surface area contributed by atoms with Gasteiger partial charge in [0.2, 0.25) is 0 Å². The Labute approximate surface area is 225 Å². The van der Waals surface area contributed by atoms with Crippen molar-refractivity contribution in [3.63, 3.8) is 0 Å². The zero-order valence-electron chi connectivity index (χ0n) is 22.8. The number of nitrogens with one attached hydrogen (secondary N) is 1. The van der Waals surface area contributed by atoms with E-state index in [0.717, 1.165) is 54.4 Å². The number of anilines is 1. The molecule has 0 saturated carbocycles. The first-order valence-electron chi connectivity index (χ1n) is 13.4. The van der Waals surface area contributed by atoms with E-state index >= 15 is 0 Å². The highest BCUT2D eigenvalue weighted by Crippen LogP contribution is 2.35. The van der Waals surface area contributed by atoms with Gasteiger partial charge in [-0.3, -0.25) is 0 Å². The lowest BCUT2D eigenvalue weighted by molar-refractivity contribution is -0.0856. The van der Waals surface area contributed by atoms with Gasteiger partial charge in [0.25, 0.3) is 0 Å². The molecule has 2 aliphatic rings. The number of ether oxygens (including phenoxy) is 6. The van der Waals surface area contributed by atoms with Crippen molar-refractivity contribution in [1.29, 1.82) is 0 Å². The average molecular weight is 531 g/mol. The van der Waals surface area contributed by atoms with Crippen molar-refractivity contribution < 1.29 is 33.5 Å². The van der Waals surface area contributed by atoms with Gasteiger partial charge in [-0.05, 0) is 41.8 Å². The van der Waals surface area contributed by atoms with Crippen LogP contribution in [0.4, 0.5) is 5.69 Å². The van der Waals surface area contributed by atoms with Crippen LogP contribution in [0.3, 0.4) is 0 Å². The predicted molar refractivity (Wildman–Crippen MR) is 145 cm³/mol. The smallest absolute Gasteiger partial charge is 0.142 e. The summed E-state index contributed by atoms with van der Waals surface area (Å²) >= 11 is 0. The van der Waals surface area contributed by atoms with Gasteiger partial charge in [0.15, 0.2) is 0 Å². The van der Waals surface area contributed by atoms with Crippen LogP contribution in [0.15, 0.2) is 42.5 Å². The molecule has 4 atom stereocenters. The van der Waals surface area contributed by atoms with Crippen molar-refractivity contribution in [3.8, 4) is 11.5 Å². The fourth-order valence-corrected chi connectivity index (χ4v) is 5.16. The lowest BCUT2D eigenvalue weighted by Crippen LogP contribution is -2.51. The summed E-state index contributed by atoms with van der Waals surface area (Å²) in [4.78, 5) is 2.36. The summed E-state index contributed by atoms with van der Waals surface area (Å²) in [5, 5.41) is 13.6. The largest absolute Gasteiger partial charge is 0.497 e. The van der Waals surface area contributed by atoms with Gasteiger partial charge < -0.3 is 43.7 Å². The number of fused-ring (bicyclic) bond motifs is 1. The summed E-state index contributed by atoms with van der Waals surface area (Å²) in [6.45, 7) is 5.49. The number of methoxy groups -OCH3 is 3. The zero-order valence-corrected chi connectivity index (χ0v) is 22.8. The maximum Gasteiger partial charge on any atom is 0.142 e. The molecule has 0 aliphatic carbocycles. The molecule has 1 saturated heterocycles. The number of benzene rings is 2. The molecule has 38 heavy (non-hydrogen) atoms. The summed E-state index contributed by atoms with van der Waals surface area (Å²) in [6, 6.07) is 14.4. The molecule has 2 unspecified atom stereocenters. The summed E-state index contributed by atoms with van der Waals surface area (Å²) in [5.74, 6) is 1.71. The van der Waals surface area contributed by atoms with Crippen LogP contribution in [0.25, 0.3) is 0 Å². The minimum atomic E-state index is -0.678. The van der Waals surface area contributed by atoms with E-state index in [1.54, 1.807) is 21.3 Å². The average Bonchev–Trinajstić information content (AvgIpc) is 2.95. The molecule has 2 aromatic carbocycles. The molecule has 0 aromatic heterocycles. The number of piperidine rings is 1. The van der Waals surface area contributed by atoms with E-state index in [0.29, 0.717) is 26.3 Å². The van der Waals surface area contributed by atoms with Crippen molar-refractivity contribution in [3.05, 3.63) is 53.6 Å². The number of aliphatic hydroxyl groups excluding tert-OH is 1. The van der Waals surface area contributed by atoms with Crippen LogP contribution in [0.1, 0.15) is 23.5 Å². The van der Waals surface area contributed by atoms with Gasteiger partial charge >= 0.3 is 0 Å². The number of rotatable bonds is 14. The molecule has 0 radical (unpaired) electrons. The Kier molecular flexibility index (Phi) is 11.0. The highest BCUT2D eigenvalue weighted by molar-refractivity contribution is 5.61. The SMILES string of the molecule is COCCCN1CCOc2ccc(CO[C@H]3CNCC(OC[C@@H](O)COC)C3c3ccc(OC)cc3)cc21. The van der Waals surface area contributed by atoms with E-state index < -0.39 is 6.10 Å². The maximum atomic E-state index is 10.2. The van der Waals surface area contributed by atoms with Crippen molar-refractivity contribution >= 4 is 5.69 Å². The fraction of sp³-hybridized carbons (Fsp3) is 0.586. The predicted octanol–water partition coefficient (Wildman–Crippen LogP) is 2.60. The van der Waals surface area contributed by atoms with Crippen molar-refractivity contribution in [2.24, 2.45) is 0 Å². The molecular weight excluding hydrogens is 488 g/mol. The first-order valence-corrected chi connectivity index (χ1v) is 13.4. The summed E-state index contributed by atoms with van der Waals surface area (Å²) in [5.41, 5.74) is 3.32. The number of nitrogens with zero attached hydrogens (tertiary/aromatic N) is 1. The highest BCUT2D eigenvalue weighted by Gasteiger charge is 2.36. The topological polar surface area (TPSA) is 90.9 Å². The Balaban J connectivity index is 1.47. The Morgan fingerprint density at radius 3 is 2.53 bits per heavy atom. The van der Waals surface area contributed by atoms with Gasteiger partial charge in [-0.1, -0.05) is 18.2 Å². The Morgan fingerprint density at radius 2 is 1.79 bits per heavy atom. The summed E-state index contributed by atoms with van der Waals surface area (Å²) < 4.78 is 34.3. The Morgan fingerprint density at radius 1 is 1.00 bits per heavy atom. The molecule has 9 nitrogen and oxygen atoms in total. The van der Waals surface area contributed by atoms with Gasteiger partial charge in [-0.25, -0.2) is 0 Å². The lowest BCUT2D eigenvalue weighted by Gasteiger charge is -2.39. The normalized spacial score (nSPS) is 22.0. The lowest BCUT2D eigenvalue weighted by atomic mass is 9.85. The molecule has 2 aromatic rings. The third-order valence-corrected chi connectivity index (χ3v) is 7.08. The second-order valence-corrected chi connectivity index (χ2v) is 9.77. The van der Waals surface area contributed by atoms with Crippen molar-refractivity contribution in [2.75, 3.05) is 78.8 Å². The first-order chi connectivity index (χ1) is 18.6. The first kappa shape index (κ1) is 28.6. The molecular formula is C29H42N2O7. The van der Waals surface area contributed by atoms with Crippen LogP contribution in [0.5, 0.6) is 11.5 Å². The maximum absolute atomic E-state index is 10.2. The van der Waals surface area contributed by atoms with E-state index in [4.69, 9.17) is 28.4 Å². The molecule has 2 N–H and O–H groups in total. The van der Waals surface area contributed by atoms with E-state index in [9.17, 15) is 5.11 Å². The number of hydrogen-bond donors (Lipinski definition) is 2. The van der Waals surface area contributed by atoms with Crippen molar-refractivity contribution in [1.82, 2.24) is 5.32 Å². The Hall–Kier alpha value is -2.40. The molecule has 9 heteroatoms. The fourth-order valence-electron chi connectivity index (χ4n) is 5.16. The van der Waals surface area contributed by atoms with Crippen LogP contribution in [0, 0.1) is 0 Å². The molecule has 1 fully saturated rings. The van der Waals surface area contributed by atoms with Crippen LogP contribution >= 0.6 is 0 Å². The van der Waals surface area contributed by atoms with E-state index in [-0.39, 0.29) is 31.3 Å². The quantitative estimate of drug-likeness (QED) is 0.358. The van der Waals surface area contributed by atoms with Gasteiger partial charge in [0.05, 0.1) is 51.4 Å². The second-order valence-electron chi connectivity index (χ2n) is 9.77. The number of hydrogen-bond acceptors (Lipinski definition) is 9. The number of aliphatic hydroxyl groups is 1. The van der Waals surface area contributed by atoms with Crippen LogP contribution in [0.2, 0.25) is 0 Å². The van der Waals surface area contributed by atoms with Gasteiger partial charge in [-0.2, -0.15) is 0 Å². The monoisotopic (exact) mass is 530 g/mol. The van der Waals surface area contributed by atoms with Crippen LogP contribution < -0.4 is 19.7 Å². The third-order valence-electron chi connectivity index (χ3n) is 7.08. The molecule has 2 heterocycles. The third kappa shape index (κ3) is 7.59. The van der Waals surface area contributed by atoms with E-state index in [2.05, 4.69) is 34.5 Å². The zero-order chi connectivity index (χ0) is 26.7. The molecule has 2 aliphatic heterocycles. The second kappa shape index (κ2) is 14.7. The molecule has 0 amide bonds. The van der Waals surface area contributed by atoms with Gasteiger partial charge in [0, 0.05) is 46.4 Å². The minimum absolute atomic E-state index is 0.0107. The van der Waals surface area contributed by atoms with Gasteiger partial charge in [0.1, 0.15) is 24.2 Å².